The van der Waals surface area contributed by atoms with E-state index in [4.69, 9.17) is 5.73 Å². The molecule has 2 rings (SSSR count). The van der Waals surface area contributed by atoms with Crippen LogP contribution in [0.15, 0.2) is 52.2 Å². The lowest BCUT2D eigenvalue weighted by Gasteiger charge is -2.13. The van der Waals surface area contributed by atoms with Gasteiger partial charge in [0, 0.05) is 24.8 Å². The molecule has 1 atom stereocenters. The van der Waals surface area contributed by atoms with Crippen molar-refractivity contribution in [3.05, 3.63) is 69.0 Å². The minimum Gasteiger partial charge on any atom is -0.322 e. The van der Waals surface area contributed by atoms with E-state index < -0.39 is 11.2 Å². The van der Waals surface area contributed by atoms with Gasteiger partial charge in [0.2, 0.25) is 0 Å². The van der Waals surface area contributed by atoms with Gasteiger partial charge in [-0.1, -0.05) is 30.3 Å². The second-order valence-corrected chi connectivity index (χ2v) is 3.78. The van der Waals surface area contributed by atoms with Crippen molar-refractivity contribution in [3.8, 4) is 0 Å². The average Bonchev–Trinajstić information content (AvgIpc) is 2.34. The van der Waals surface area contributed by atoms with E-state index in [2.05, 4.69) is 4.98 Å². The number of aromatic amines is 1. The molecule has 0 radical (unpaired) electrons. The molecule has 1 heterocycles. The first-order chi connectivity index (χ1) is 8.16. The third kappa shape index (κ3) is 2.70. The highest BCUT2D eigenvalue weighted by Crippen LogP contribution is 2.10. The van der Waals surface area contributed by atoms with E-state index in [0.29, 0.717) is 6.54 Å². The van der Waals surface area contributed by atoms with Crippen LogP contribution >= 0.6 is 0 Å². The zero-order chi connectivity index (χ0) is 12.3. The molecule has 0 aliphatic rings. The van der Waals surface area contributed by atoms with Crippen LogP contribution in [0.25, 0.3) is 0 Å². The molecule has 1 aromatic heterocycles. The molecule has 5 nitrogen and oxygen atoms in total. The van der Waals surface area contributed by atoms with Crippen molar-refractivity contribution in [2.75, 3.05) is 0 Å². The number of aromatic nitrogens is 2. The summed E-state index contributed by atoms with van der Waals surface area (Å²) in [7, 11) is 0. The summed E-state index contributed by atoms with van der Waals surface area (Å²) >= 11 is 0. The Bertz CT molecular complexity index is 601. The molecule has 3 N–H and O–H groups in total. The summed E-state index contributed by atoms with van der Waals surface area (Å²) in [6.07, 6.45) is 1.45. The quantitative estimate of drug-likeness (QED) is 0.793. The van der Waals surface area contributed by atoms with Crippen LogP contribution in [-0.4, -0.2) is 9.55 Å². The van der Waals surface area contributed by atoms with Crippen LogP contribution in [0.3, 0.4) is 0 Å². The number of rotatable bonds is 3. The highest BCUT2D eigenvalue weighted by molar-refractivity contribution is 5.18. The van der Waals surface area contributed by atoms with Gasteiger partial charge in [0.05, 0.1) is 0 Å². The lowest BCUT2D eigenvalue weighted by atomic mass is 10.1. The molecule has 5 heteroatoms. The lowest BCUT2D eigenvalue weighted by Crippen LogP contribution is -2.32. The van der Waals surface area contributed by atoms with E-state index in [-0.39, 0.29) is 6.04 Å². The molecule has 0 saturated heterocycles. The molecule has 0 aliphatic carbocycles. The number of nitrogens with one attached hydrogen (secondary N) is 1. The summed E-state index contributed by atoms with van der Waals surface area (Å²) in [4.78, 5) is 24.5. The first-order valence-corrected chi connectivity index (χ1v) is 5.27. The number of benzene rings is 1. The average molecular weight is 231 g/mol. The van der Waals surface area contributed by atoms with Crippen LogP contribution in [0.5, 0.6) is 0 Å². The fourth-order valence-electron chi connectivity index (χ4n) is 1.61. The van der Waals surface area contributed by atoms with Gasteiger partial charge in [-0.05, 0) is 5.56 Å². The SMILES string of the molecule is NC(Cn1ccc(=O)[nH]c1=O)c1ccccc1. The minimum absolute atomic E-state index is 0.278. The summed E-state index contributed by atoms with van der Waals surface area (Å²) in [5.41, 5.74) is 6.09. The normalized spacial score (nSPS) is 12.3. The predicted molar refractivity (Wildman–Crippen MR) is 64.7 cm³/mol. The van der Waals surface area contributed by atoms with Crippen molar-refractivity contribution in [1.82, 2.24) is 9.55 Å². The maximum atomic E-state index is 11.5. The van der Waals surface area contributed by atoms with Crippen LogP contribution in [0.4, 0.5) is 0 Å². The van der Waals surface area contributed by atoms with E-state index >= 15 is 0 Å². The minimum atomic E-state index is -0.441. The first kappa shape index (κ1) is 11.3. The van der Waals surface area contributed by atoms with Crippen molar-refractivity contribution in [3.63, 3.8) is 0 Å². The van der Waals surface area contributed by atoms with Gasteiger partial charge in [0.1, 0.15) is 0 Å². The first-order valence-electron chi connectivity index (χ1n) is 5.27. The second-order valence-electron chi connectivity index (χ2n) is 3.78. The Hall–Kier alpha value is -2.14. The Labute approximate surface area is 97.5 Å². The van der Waals surface area contributed by atoms with E-state index in [9.17, 15) is 9.59 Å². The smallest absolute Gasteiger partial charge is 0.322 e. The number of hydrogen-bond acceptors (Lipinski definition) is 3. The maximum Gasteiger partial charge on any atom is 0.328 e. The monoisotopic (exact) mass is 231 g/mol. The summed E-state index contributed by atoms with van der Waals surface area (Å²) in [5.74, 6) is 0. The van der Waals surface area contributed by atoms with Gasteiger partial charge in [0.25, 0.3) is 5.56 Å². The predicted octanol–water partition coefficient (Wildman–Crippen LogP) is 0.237. The molecule has 0 bridgehead atoms. The maximum absolute atomic E-state index is 11.5. The Balaban J connectivity index is 2.22. The molecule has 0 amide bonds. The van der Waals surface area contributed by atoms with Crippen LogP contribution in [0.2, 0.25) is 0 Å². The van der Waals surface area contributed by atoms with E-state index in [1.165, 1.54) is 16.8 Å². The molecular weight excluding hydrogens is 218 g/mol. The third-order valence-electron chi connectivity index (χ3n) is 2.52. The summed E-state index contributed by atoms with van der Waals surface area (Å²) in [5, 5.41) is 0. The topological polar surface area (TPSA) is 80.9 Å². The van der Waals surface area contributed by atoms with Crippen molar-refractivity contribution in [2.24, 2.45) is 5.73 Å². The molecule has 2 aromatic rings. The number of hydrogen-bond donors (Lipinski definition) is 2. The van der Waals surface area contributed by atoms with Gasteiger partial charge in [-0.2, -0.15) is 0 Å². The molecule has 0 saturated carbocycles. The molecular formula is C12H13N3O2. The zero-order valence-corrected chi connectivity index (χ0v) is 9.17. The van der Waals surface area contributed by atoms with Gasteiger partial charge in [0.15, 0.2) is 0 Å². The Morgan fingerprint density at radius 3 is 2.53 bits per heavy atom. The number of nitrogens with zero attached hydrogens (tertiary/aromatic N) is 1. The van der Waals surface area contributed by atoms with E-state index in [1.807, 2.05) is 30.3 Å². The highest BCUT2D eigenvalue weighted by atomic mass is 16.2. The van der Waals surface area contributed by atoms with Gasteiger partial charge in [-0.25, -0.2) is 4.79 Å². The van der Waals surface area contributed by atoms with Crippen LogP contribution in [-0.2, 0) is 6.54 Å². The summed E-state index contributed by atoms with van der Waals surface area (Å²) < 4.78 is 1.39. The number of H-pyrrole nitrogens is 1. The van der Waals surface area contributed by atoms with E-state index in [0.717, 1.165) is 5.56 Å². The van der Waals surface area contributed by atoms with Gasteiger partial charge < -0.3 is 5.73 Å². The highest BCUT2D eigenvalue weighted by Gasteiger charge is 2.07. The van der Waals surface area contributed by atoms with Crippen molar-refractivity contribution < 1.29 is 0 Å². The van der Waals surface area contributed by atoms with Crippen LogP contribution in [0, 0.1) is 0 Å². The lowest BCUT2D eigenvalue weighted by molar-refractivity contribution is 0.549. The second kappa shape index (κ2) is 4.80. The Morgan fingerprint density at radius 1 is 1.18 bits per heavy atom. The largest absolute Gasteiger partial charge is 0.328 e. The molecule has 0 spiro atoms. The van der Waals surface area contributed by atoms with Crippen molar-refractivity contribution in [2.45, 2.75) is 12.6 Å². The van der Waals surface area contributed by atoms with E-state index in [1.54, 1.807) is 0 Å². The van der Waals surface area contributed by atoms with Crippen molar-refractivity contribution >= 4 is 0 Å². The third-order valence-corrected chi connectivity index (χ3v) is 2.52. The summed E-state index contributed by atoms with van der Waals surface area (Å²) in [6.45, 7) is 0.333. The molecule has 0 fully saturated rings. The molecule has 88 valence electrons. The fraction of sp³-hybridized carbons (Fsp3) is 0.167. The van der Waals surface area contributed by atoms with Gasteiger partial charge in [-0.3, -0.25) is 14.3 Å². The number of nitrogens with two attached hydrogens (primary N) is 1. The molecule has 17 heavy (non-hydrogen) atoms. The van der Waals surface area contributed by atoms with Crippen molar-refractivity contribution in [1.29, 1.82) is 0 Å². The summed E-state index contributed by atoms with van der Waals surface area (Å²) in [6, 6.07) is 10.5. The molecule has 1 aromatic carbocycles. The van der Waals surface area contributed by atoms with Gasteiger partial charge in [-0.15, -0.1) is 0 Å². The van der Waals surface area contributed by atoms with Crippen LogP contribution in [0.1, 0.15) is 11.6 Å². The zero-order valence-electron chi connectivity index (χ0n) is 9.17. The Morgan fingerprint density at radius 2 is 1.88 bits per heavy atom. The molecule has 1 unspecified atom stereocenters. The Kier molecular flexibility index (Phi) is 3.20. The standard InChI is InChI=1S/C12H13N3O2/c13-10(9-4-2-1-3-5-9)8-15-7-6-11(16)14-12(15)17/h1-7,10H,8,13H2,(H,14,16,17). The van der Waals surface area contributed by atoms with Crippen LogP contribution < -0.4 is 17.0 Å². The van der Waals surface area contributed by atoms with Gasteiger partial charge >= 0.3 is 5.69 Å². The fourth-order valence-corrected chi connectivity index (χ4v) is 1.61. The molecule has 0 aliphatic heterocycles.